The molecule has 3 N–H and O–H groups in total. The normalized spacial score (nSPS) is 14.5. The molecule has 0 aliphatic rings. The van der Waals surface area contributed by atoms with Crippen LogP contribution in [0.4, 0.5) is 0 Å². The number of H-pyrrole nitrogens is 1. The quantitative estimate of drug-likeness (QED) is 0.717. The third kappa shape index (κ3) is 2.38. The fourth-order valence-corrected chi connectivity index (χ4v) is 1.23. The first kappa shape index (κ1) is 12.6. The zero-order valence-corrected chi connectivity index (χ0v) is 9.91. The molecule has 6 heteroatoms. The van der Waals surface area contributed by atoms with Crippen molar-refractivity contribution in [3.8, 4) is 0 Å². The third-order valence-electron chi connectivity index (χ3n) is 2.75. The maximum absolute atomic E-state index is 11.4. The Balaban J connectivity index is 2.90. The number of carbonyl (C=O) groups excluding carboxylic acids is 1. The third-order valence-corrected chi connectivity index (χ3v) is 2.75. The molecule has 1 atom stereocenters. The van der Waals surface area contributed by atoms with E-state index in [4.69, 9.17) is 10.5 Å². The highest BCUT2D eigenvalue weighted by Gasteiger charge is 2.28. The molecule has 0 spiro atoms. The largest absolute Gasteiger partial charge is 0.460 e. The van der Waals surface area contributed by atoms with Crippen LogP contribution in [0.15, 0.2) is 0 Å². The minimum Gasteiger partial charge on any atom is -0.460 e. The zero-order chi connectivity index (χ0) is 12.2. The number of nitrogens with one attached hydrogen (secondary N) is 1. The van der Waals surface area contributed by atoms with Gasteiger partial charge in [0.15, 0.2) is 0 Å². The van der Waals surface area contributed by atoms with Crippen LogP contribution in [0.2, 0.25) is 0 Å². The van der Waals surface area contributed by atoms with Crippen LogP contribution < -0.4 is 5.73 Å². The van der Waals surface area contributed by atoms with Crippen LogP contribution in [0.1, 0.15) is 43.6 Å². The summed E-state index contributed by atoms with van der Waals surface area (Å²) in [6.07, 6.45) is 0.820. The first-order valence-electron chi connectivity index (χ1n) is 5.37. The number of nitrogens with two attached hydrogens (primary N) is 1. The number of hydrogen-bond donors (Lipinski definition) is 2. The smallest absolute Gasteiger partial charge is 0.378 e. The summed E-state index contributed by atoms with van der Waals surface area (Å²) < 4.78 is 4.81. The Hall–Kier alpha value is -1.43. The van der Waals surface area contributed by atoms with E-state index < -0.39 is 5.97 Å². The summed E-state index contributed by atoms with van der Waals surface area (Å²) in [4.78, 5) is 15.5. The van der Waals surface area contributed by atoms with Crippen molar-refractivity contribution in [1.82, 2.24) is 15.2 Å². The van der Waals surface area contributed by atoms with Gasteiger partial charge in [0, 0.05) is 12.0 Å². The van der Waals surface area contributed by atoms with Gasteiger partial charge < -0.3 is 10.5 Å². The van der Waals surface area contributed by atoms with Gasteiger partial charge in [-0.05, 0) is 13.3 Å². The van der Waals surface area contributed by atoms with Gasteiger partial charge >= 0.3 is 5.97 Å². The van der Waals surface area contributed by atoms with E-state index in [1.54, 1.807) is 6.92 Å². The highest BCUT2D eigenvalue weighted by atomic mass is 16.5. The number of aromatic amines is 1. The minimum atomic E-state index is -0.513. The fraction of sp³-hybridized carbons (Fsp3) is 0.700. The number of esters is 1. The highest BCUT2D eigenvalue weighted by molar-refractivity contribution is 5.84. The molecule has 0 fully saturated rings. The van der Waals surface area contributed by atoms with Crippen LogP contribution >= 0.6 is 0 Å². The first-order chi connectivity index (χ1) is 7.57. The summed E-state index contributed by atoms with van der Waals surface area (Å²) in [6, 6.07) is 0. The first-order valence-corrected chi connectivity index (χ1v) is 5.37. The molecule has 0 saturated carbocycles. The van der Waals surface area contributed by atoms with Crippen molar-refractivity contribution in [2.45, 2.75) is 32.6 Å². The Morgan fingerprint density at radius 3 is 2.75 bits per heavy atom. The molecule has 0 amide bonds. The van der Waals surface area contributed by atoms with Gasteiger partial charge in [-0.1, -0.05) is 13.8 Å². The van der Waals surface area contributed by atoms with Crippen LogP contribution in [0.25, 0.3) is 0 Å². The van der Waals surface area contributed by atoms with Crippen molar-refractivity contribution in [2.24, 2.45) is 5.73 Å². The van der Waals surface area contributed by atoms with Crippen molar-refractivity contribution in [3.05, 3.63) is 11.6 Å². The molecule has 1 unspecified atom stereocenters. The Morgan fingerprint density at radius 1 is 1.56 bits per heavy atom. The standard InChI is InChI=1S/C10H18N4O2/c1-4-10(3,6-11)9-12-7(13-14-9)8(15)16-5-2/h4-6,11H2,1-3H3,(H,12,13,14). The topological polar surface area (TPSA) is 93.9 Å². The monoisotopic (exact) mass is 226 g/mol. The van der Waals surface area contributed by atoms with E-state index in [0.717, 1.165) is 6.42 Å². The second-order valence-electron chi connectivity index (χ2n) is 3.85. The van der Waals surface area contributed by atoms with Crippen LogP contribution in [0.5, 0.6) is 0 Å². The average molecular weight is 226 g/mol. The summed E-state index contributed by atoms with van der Waals surface area (Å²) in [5.41, 5.74) is 5.41. The fourth-order valence-electron chi connectivity index (χ4n) is 1.23. The summed E-state index contributed by atoms with van der Waals surface area (Å²) in [5, 5.41) is 6.58. The number of ether oxygens (including phenoxy) is 1. The van der Waals surface area contributed by atoms with Gasteiger partial charge in [0.25, 0.3) is 5.82 Å². The molecule has 1 aromatic heterocycles. The van der Waals surface area contributed by atoms with Crippen LogP contribution in [-0.4, -0.2) is 34.3 Å². The molecule has 0 radical (unpaired) electrons. The molecular formula is C10H18N4O2. The van der Waals surface area contributed by atoms with E-state index in [-0.39, 0.29) is 11.2 Å². The molecule has 1 heterocycles. The Labute approximate surface area is 94.6 Å². The molecule has 0 aliphatic carbocycles. The summed E-state index contributed by atoms with van der Waals surface area (Å²) in [7, 11) is 0. The number of rotatable bonds is 5. The van der Waals surface area contributed by atoms with Crippen molar-refractivity contribution in [2.75, 3.05) is 13.2 Å². The van der Waals surface area contributed by atoms with E-state index in [9.17, 15) is 4.79 Å². The van der Waals surface area contributed by atoms with Crippen LogP contribution in [0.3, 0.4) is 0 Å². The second kappa shape index (κ2) is 5.07. The summed E-state index contributed by atoms with van der Waals surface area (Å²) in [5.74, 6) is 0.172. The van der Waals surface area contributed by atoms with Gasteiger partial charge in [-0.25, -0.2) is 9.78 Å². The number of nitrogens with zero attached hydrogens (tertiary/aromatic N) is 2. The lowest BCUT2D eigenvalue weighted by molar-refractivity contribution is 0.0512. The zero-order valence-electron chi connectivity index (χ0n) is 9.91. The predicted molar refractivity (Wildman–Crippen MR) is 59.0 cm³/mol. The number of carbonyl (C=O) groups is 1. The summed E-state index contributed by atoms with van der Waals surface area (Å²) >= 11 is 0. The maximum Gasteiger partial charge on any atom is 0.378 e. The Morgan fingerprint density at radius 2 is 2.25 bits per heavy atom. The van der Waals surface area contributed by atoms with E-state index in [0.29, 0.717) is 19.0 Å². The second-order valence-corrected chi connectivity index (χ2v) is 3.85. The SMILES string of the molecule is CCOC(=O)c1n[nH]c(C(C)(CC)CN)n1. The van der Waals surface area contributed by atoms with E-state index in [2.05, 4.69) is 15.2 Å². The van der Waals surface area contributed by atoms with E-state index in [1.165, 1.54) is 0 Å². The molecule has 1 rings (SSSR count). The molecule has 90 valence electrons. The lowest BCUT2D eigenvalue weighted by atomic mass is 9.87. The summed E-state index contributed by atoms with van der Waals surface area (Å²) in [6.45, 7) is 6.48. The molecular weight excluding hydrogens is 208 g/mol. The predicted octanol–water partition coefficient (Wildman–Crippen LogP) is 0.608. The lowest BCUT2D eigenvalue weighted by Gasteiger charge is -2.22. The molecule has 0 saturated heterocycles. The van der Waals surface area contributed by atoms with Gasteiger partial charge in [0.05, 0.1) is 6.61 Å². The molecule has 0 aliphatic heterocycles. The van der Waals surface area contributed by atoms with Gasteiger partial charge in [-0.2, -0.15) is 0 Å². The van der Waals surface area contributed by atoms with Crippen LogP contribution in [0, 0.1) is 0 Å². The molecule has 16 heavy (non-hydrogen) atoms. The molecule has 0 bridgehead atoms. The molecule has 1 aromatic rings. The Kier molecular flexibility index (Phi) is 4.00. The minimum absolute atomic E-state index is 0.0602. The van der Waals surface area contributed by atoms with Gasteiger partial charge in [-0.15, -0.1) is 5.10 Å². The average Bonchev–Trinajstić information content (AvgIpc) is 2.78. The van der Waals surface area contributed by atoms with Crippen molar-refractivity contribution >= 4 is 5.97 Å². The Bertz CT molecular complexity index is 357. The van der Waals surface area contributed by atoms with E-state index in [1.807, 2.05) is 13.8 Å². The van der Waals surface area contributed by atoms with E-state index >= 15 is 0 Å². The van der Waals surface area contributed by atoms with Crippen LogP contribution in [-0.2, 0) is 10.2 Å². The number of hydrogen-bond acceptors (Lipinski definition) is 5. The molecule has 0 aromatic carbocycles. The maximum atomic E-state index is 11.4. The van der Waals surface area contributed by atoms with Gasteiger partial charge in [0.1, 0.15) is 5.82 Å². The molecule has 6 nitrogen and oxygen atoms in total. The van der Waals surface area contributed by atoms with Gasteiger partial charge in [-0.3, -0.25) is 5.10 Å². The van der Waals surface area contributed by atoms with Crippen molar-refractivity contribution in [1.29, 1.82) is 0 Å². The lowest BCUT2D eigenvalue weighted by Crippen LogP contribution is -2.32. The van der Waals surface area contributed by atoms with Gasteiger partial charge in [0.2, 0.25) is 0 Å². The van der Waals surface area contributed by atoms with Crippen molar-refractivity contribution < 1.29 is 9.53 Å². The van der Waals surface area contributed by atoms with Crippen molar-refractivity contribution in [3.63, 3.8) is 0 Å². The highest BCUT2D eigenvalue weighted by Crippen LogP contribution is 2.22. The number of aromatic nitrogens is 3.